The molecule has 1 N–H and O–H groups in total. The van der Waals surface area contributed by atoms with Crippen molar-refractivity contribution in [3.63, 3.8) is 0 Å². The molecule has 1 aliphatic heterocycles. The summed E-state index contributed by atoms with van der Waals surface area (Å²) in [4.78, 5) is 12.1. The number of aryl methyl sites for hydroxylation is 1. The van der Waals surface area contributed by atoms with Crippen molar-refractivity contribution >= 4 is 15.7 Å². The fraction of sp³-hybridized carbons (Fsp3) is 0.375. The molecular weight excluding hydrogens is 316 g/mol. The van der Waals surface area contributed by atoms with Crippen molar-refractivity contribution in [2.75, 3.05) is 18.1 Å². The van der Waals surface area contributed by atoms with E-state index in [1.54, 1.807) is 6.07 Å². The second kappa shape index (κ2) is 6.16. The fourth-order valence-electron chi connectivity index (χ4n) is 2.60. The highest BCUT2D eigenvalue weighted by atomic mass is 32.2. The van der Waals surface area contributed by atoms with Crippen LogP contribution in [0, 0.1) is 12.8 Å². The van der Waals surface area contributed by atoms with Crippen LogP contribution in [-0.4, -0.2) is 37.5 Å². The molecular formula is C16H18N2O4S. The van der Waals surface area contributed by atoms with E-state index in [1.165, 1.54) is 0 Å². The van der Waals surface area contributed by atoms with Crippen molar-refractivity contribution in [1.82, 2.24) is 10.5 Å². The summed E-state index contributed by atoms with van der Waals surface area (Å²) in [6.07, 6.45) is 0.591. The summed E-state index contributed by atoms with van der Waals surface area (Å²) in [7, 11) is -2.93. The monoisotopic (exact) mass is 334 g/mol. The summed E-state index contributed by atoms with van der Waals surface area (Å²) in [5.74, 6) is 0.0659. The van der Waals surface area contributed by atoms with Crippen LogP contribution in [0.2, 0.25) is 0 Å². The third-order valence-corrected chi connectivity index (χ3v) is 5.80. The number of benzene rings is 1. The lowest BCUT2D eigenvalue weighted by Gasteiger charge is -2.07. The largest absolute Gasteiger partial charge is 0.350 e. The molecule has 0 unspecified atom stereocenters. The molecule has 122 valence electrons. The Morgan fingerprint density at radius 1 is 1.35 bits per heavy atom. The number of rotatable bonds is 4. The number of carbonyl (C=O) groups excluding carboxylic acids is 1. The molecule has 1 aromatic heterocycles. The van der Waals surface area contributed by atoms with Gasteiger partial charge in [0.15, 0.2) is 9.84 Å². The number of carbonyl (C=O) groups is 1. The Hall–Kier alpha value is -2.15. The normalized spacial score (nSPS) is 19.6. The Kier molecular flexibility index (Phi) is 4.21. The molecule has 0 spiro atoms. The van der Waals surface area contributed by atoms with Crippen molar-refractivity contribution in [2.45, 2.75) is 13.3 Å². The van der Waals surface area contributed by atoms with Gasteiger partial charge in [-0.25, -0.2) is 8.42 Å². The van der Waals surface area contributed by atoms with Gasteiger partial charge in [0, 0.05) is 18.2 Å². The van der Waals surface area contributed by atoms with Crippen molar-refractivity contribution in [2.24, 2.45) is 5.92 Å². The lowest BCUT2D eigenvalue weighted by atomic mass is 10.1. The highest BCUT2D eigenvalue weighted by molar-refractivity contribution is 7.91. The predicted molar refractivity (Wildman–Crippen MR) is 85.8 cm³/mol. The Morgan fingerprint density at radius 3 is 2.74 bits per heavy atom. The summed E-state index contributed by atoms with van der Waals surface area (Å²) in [5.41, 5.74) is 2.61. The minimum atomic E-state index is -2.93. The van der Waals surface area contributed by atoms with Gasteiger partial charge in [-0.2, -0.15) is 0 Å². The van der Waals surface area contributed by atoms with Gasteiger partial charge in [-0.15, -0.1) is 0 Å². The third kappa shape index (κ3) is 3.79. The highest BCUT2D eigenvalue weighted by Crippen LogP contribution is 2.20. The van der Waals surface area contributed by atoms with E-state index in [0.29, 0.717) is 18.7 Å². The van der Waals surface area contributed by atoms with E-state index in [2.05, 4.69) is 10.5 Å². The zero-order valence-corrected chi connectivity index (χ0v) is 13.6. The number of amides is 1. The van der Waals surface area contributed by atoms with Crippen LogP contribution in [0.3, 0.4) is 0 Å². The van der Waals surface area contributed by atoms with Crippen LogP contribution >= 0.6 is 0 Å². The molecule has 0 aliphatic carbocycles. The van der Waals surface area contributed by atoms with E-state index in [4.69, 9.17) is 4.52 Å². The number of hydrogen-bond acceptors (Lipinski definition) is 5. The maximum atomic E-state index is 12.1. The van der Waals surface area contributed by atoms with Gasteiger partial charge in [0.25, 0.3) is 5.91 Å². The third-order valence-electron chi connectivity index (χ3n) is 3.96. The first-order chi connectivity index (χ1) is 10.9. The molecule has 3 rings (SSSR count). The zero-order valence-electron chi connectivity index (χ0n) is 12.8. The molecule has 1 saturated heterocycles. The van der Waals surface area contributed by atoms with Crippen LogP contribution in [-0.2, 0) is 9.84 Å². The molecule has 0 saturated carbocycles. The van der Waals surface area contributed by atoms with Crippen LogP contribution in [0.1, 0.15) is 22.5 Å². The summed E-state index contributed by atoms with van der Waals surface area (Å²) < 4.78 is 27.9. The second-order valence-electron chi connectivity index (χ2n) is 5.92. The predicted octanol–water partition coefficient (Wildman–Crippen LogP) is 1.81. The van der Waals surface area contributed by atoms with Crippen LogP contribution in [0.15, 0.2) is 34.9 Å². The van der Waals surface area contributed by atoms with Crippen LogP contribution in [0.5, 0.6) is 0 Å². The lowest BCUT2D eigenvalue weighted by Crippen LogP contribution is -2.29. The van der Waals surface area contributed by atoms with Crippen LogP contribution in [0.25, 0.3) is 11.3 Å². The van der Waals surface area contributed by atoms with E-state index in [9.17, 15) is 13.2 Å². The summed E-state index contributed by atoms with van der Waals surface area (Å²) in [5, 5.41) is 6.62. The number of nitrogens with zero attached hydrogens (tertiary/aromatic N) is 1. The number of hydrogen-bond donors (Lipinski definition) is 1. The van der Waals surface area contributed by atoms with Gasteiger partial charge in [0.1, 0.15) is 5.69 Å². The van der Waals surface area contributed by atoms with Gasteiger partial charge in [0.2, 0.25) is 5.76 Å². The average Bonchev–Trinajstić information content (AvgIpc) is 3.12. The minimum absolute atomic E-state index is 0.0246. The number of nitrogens with one attached hydrogen (secondary N) is 1. The Labute approximate surface area is 134 Å². The molecule has 6 nitrogen and oxygen atoms in total. The first kappa shape index (κ1) is 15.7. The molecule has 1 fully saturated rings. The summed E-state index contributed by atoms with van der Waals surface area (Å²) >= 11 is 0. The smallest absolute Gasteiger partial charge is 0.289 e. The first-order valence-corrected chi connectivity index (χ1v) is 9.27. The molecule has 1 aliphatic rings. The Morgan fingerprint density at radius 2 is 2.09 bits per heavy atom. The van der Waals surface area contributed by atoms with Gasteiger partial charge in [0.05, 0.1) is 11.5 Å². The molecule has 2 heterocycles. The van der Waals surface area contributed by atoms with Crippen molar-refractivity contribution in [3.05, 3.63) is 41.7 Å². The Balaban J connectivity index is 1.61. The van der Waals surface area contributed by atoms with E-state index in [-0.39, 0.29) is 29.1 Å². The van der Waals surface area contributed by atoms with E-state index >= 15 is 0 Å². The standard InChI is InChI=1S/C16H18N2O4S/c1-11-2-4-13(5-3-11)14-8-15(22-18-14)16(19)17-9-12-6-7-23(20,21)10-12/h2-5,8,12H,6-7,9-10H2,1H3,(H,17,19)/t12-/m0/s1. The molecule has 0 radical (unpaired) electrons. The number of sulfone groups is 1. The summed E-state index contributed by atoms with van der Waals surface area (Å²) in [6.45, 7) is 2.33. The molecule has 1 aromatic carbocycles. The molecule has 0 bridgehead atoms. The molecule has 23 heavy (non-hydrogen) atoms. The average molecular weight is 334 g/mol. The maximum Gasteiger partial charge on any atom is 0.289 e. The highest BCUT2D eigenvalue weighted by Gasteiger charge is 2.28. The maximum absolute atomic E-state index is 12.1. The van der Waals surface area contributed by atoms with Crippen molar-refractivity contribution in [3.8, 4) is 11.3 Å². The van der Waals surface area contributed by atoms with Crippen LogP contribution in [0.4, 0.5) is 0 Å². The van der Waals surface area contributed by atoms with Crippen molar-refractivity contribution < 1.29 is 17.7 Å². The van der Waals surface area contributed by atoms with E-state index < -0.39 is 9.84 Å². The molecule has 1 amide bonds. The Bertz CT molecular complexity index is 809. The SMILES string of the molecule is Cc1ccc(-c2cc(C(=O)NC[C@@H]3CCS(=O)(=O)C3)on2)cc1. The number of aromatic nitrogens is 1. The molecule has 1 atom stereocenters. The second-order valence-corrected chi connectivity index (χ2v) is 8.15. The zero-order chi connectivity index (χ0) is 16.4. The fourth-order valence-corrected chi connectivity index (χ4v) is 4.46. The van der Waals surface area contributed by atoms with Gasteiger partial charge >= 0.3 is 0 Å². The quantitative estimate of drug-likeness (QED) is 0.921. The lowest BCUT2D eigenvalue weighted by molar-refractivity contribution is 0.0911. The minimum Gasteiger partial charge on any atom is -0.350 e. The van der Waals surface area contributed by atoms with Gasteiger partial charge in [-0.1, -0.05) is 35.0 Å². The van der Waals surface area contributed by atoms with Gasteiger partial charge in [-0.05, 0) is 19.3 Å². The van der Waals surface area contributed by atoms with Gasteiger partial charge in [-0.3, -0.25) is 4.79 Å². The van der Waals surface area contributed by atoms with Crippen LogP contribution < -0.4 is 5.32 Å². The van der Waals surface area contributed by atoms with E-state index in [0.717, 1.165) is 11.1 Å². The van der Waals surface area contributed by atoms with Gasteiger partial charge < -0.3 is 9.84 Å². The summed E-state index contributed by atoms with van der Waals surface area (Å²) in [6, 6.07) is 9.34. The van der Waals surface area contributed by atoms with E-state index in [1.807, 2.05) is 31.2 Å². The van der Waals surface area contributed by atoms with Crippen molar-refractivity contribution in [1.29, 1.82) is 0 Å². The molecule has 7 heteroatoms. The first-order valence-electron chi connectivity index (χ1n) is 7.45. The topological polar surface area (TPSA) is 89.3 Å². The molecule has 2 aromatic rings.